The van der Waals surface area contributed by atoms with Crippen LogP contribution in [0, 0.1) is 0 Å². The lowest BCUT2D eigenvalue weighted by molar-refractivity contribution is 0.197. The van der Waals surface area contributed by atoms with E-state index in [1.165, 1.54) is 21.3 Å². The highest BCUT2D eigenvalue weighted by Gasteiger charge is 2.20. The minimum absolute atomic E-state index is 0.501. The molecule has 1 N–H and O–H groups in total. The monoisotopic (exact) mass is 290 g/mol. The Bertz CT molecular complexity index is 377. The van der Waals surface area contributed by atoms with E-state index in [4.69, 9.17) is 14.2 Å². The zero-order chi connectivity index (χ0) is 12.3. The summed E-state index contributed by atoms with van der Waals surface area (Å²) in [5, 5.41) is 9.63. The van der Waals surface area contributed by atoms with E-state index in [1.807, 2.05) is 0 Å². The first kappa shape index (κ1) is 13.1. The minimum Gasteiger partial charge on any atom is -0.493 e. The van der Waals surface area contributed by atoms with Crippen LogP contribution in [0.4, 0.5) is 0 Å². The van der Waals surface area contributed by atoms with Gasteiger partial charge in [-0.1, -0.05) is 0 Å². The van der Waals surface area contributed by atoms with E-state index < -0.39 is 6.10 Å². The molecule has 0 aliphatic carbocycles. The van der Waals surface area contributed by atoms with Crippen LogP contribution in [-0.4, -0.2) is 26.4 Å². The molecule has 90 valence electrons. The Morgan fingerprint density at radius 1 is 1.12 bits per heavy atom. The summed E-state index contributed by atoms with van der Waals surface area (Å²) in [5.41, 5.74) is 0.689. The summed E-state index contributed by atoms with van der Waals surface area (Å²) in [6.07, 6.45) is -0.622. The van der Waals surface area contributed by atoms with Crippen molar-refractivity contribution in [1.29, 1.82) is 0 Å². The molecule has 0 saturated carbocycles. The predicted molar refractivity (Wildman–Crippen MR) is 64.4 cm³/mol. The fourth-order valence-corrected chi connectivity index (χ4v) is 2.23. The molecular formula is C11H15BrO4. The molecule has 0 heterocycles. The first-order valence-electron chi connectivity index (χ1n) is 4.73. The molecule has 16 heavy (non-hydrogen) atoms. The molecule has 0 unspecified atom stereocenters. The van der Waals surface area contributed by atoms with Gasteiger partial charge in [0, 0.05) is 5.56 Å². The van der Waals surface area contributed by atoms with E-state index in [0.717, 1.165) is 0 Å². The van der Waals surface area contributed by atoms with Crippen LogP contribution in [0.25, 0.3) is 0 Å². The second-order valence-electron chi connectivity index (χ2n) is 3.22. The lowest BCUT2D eigenvalue weighted by atomic mass is 10.1. The van der Waals surface area contributed by atoms with Crippen molar-refractivity contribution in [3.8, 4) is 17.2 Å². The SMILES string of the molecule is COc1cc([C@@H](C)O)c(Br)c(OC)c1OC. The van der Waals surface area contributed by atoms with E-state index in [9.17, 15) is 5.11 Å². The molecule has 0 bridgehead atoms. The third-order valence-electron chi connectivity index (χ3n) is 2.25. The Balaban J connectivity index is 3.48. The Morgan fingerprint density at radius 3 is 2.06 bits per heavy atom. The highest BCUT2D eigenvalue weighted by molar-refractivity contribution is 9.10. The standard InChI is InChI=1S/C11H15BrO4/c1-6(13)7-5-8(14-2)10(15-3)11(16-4)9(7)12/h5-6,13H,1-4H3/t6-/m1/s1. The maximum atomic E-state index is 9.63. The van der Waals surface area contributed by atoms with Crippen molar-refractivity contribution in [2.24, 2.45) is 0 Å². The van der Waals surface area contributed by atoms with Crippen LogP contribution in [0.3, 0.4) is 0 Å². The van der Waals surface area contributed by atoms with Gasteiger partial charge in [0.05, 0.1) is 31.9 Å². The first-order valence-corrected chi connectivity index (χ1v) is 5.52. The molecule has 0 radical (unpaired) electrons. The zero-order valence-electron chi connectivity index (χ0n) is 9.70. The van der Waals surface area contributed by atoms with Crippen molar-refractivity contribution < 1.29 is 19.3 Å². The molecule has 5 heteroatoms. The van der Waals surface area contributed by atoms with Crippen molar-refractivity contribution in [3.05, 3.63) is 16.1 Å². The molecular weight excluding hydrogens is 276 g/mol. The molecule has 0 aromatic heterocycles. The first-order chi connectivity index (χ1) is 7.56. The summed E-state index contributed by atoms with van der Waals surface area (Å²) in [6, 6.07) is 1.72. The Hall–Kier alpha value is -0.940. The van der Waals surface area contributed by atoms with Crippen LogP contribution in [-0.2, 0) is 0 Å². The van der Waals surface area contributed by atoms with Crippen molar-refractivity contribution in [2.45, 2.75) is 13.0 Å². The van der Waals surface area contributed by atoms with Gasteiger partial charge in [0.2, 0.25) is 5.75 Å². The number of methoxy groups -OCH3 is 3. The summed E-state index contributed by atoms with van der Waals surface area (Å²) in [6.45, 7) is 1.67. The smallest absolute Gasteiger partial charge is 0.204 e. The minimum atomic E-state index is -0.622. The topological polar surface area (TPSA) is 47.9 Å². The Morgan fingerprint density at radius 2 is 1.69 bits per heavy atom. The lowest BCUT2D eigenvalue weighted by Gasteiger charge is -2.17. The molecule has 0 aliphatic rings. The molecule has 0 spiro atoms. The van der Waals surface area contributed by atoms with Crippen LogP contribution >= 0.6 is 15.9 Å². The fourth-order valence-electron chi connectivity index (χ4n) is 1.44. The Labute approximate surface area is 103 Å². The van der Waals surface area contributed by atoms with Crippen LogP contribution < -0.4 is 14.2 Å². The number of hydrogen-bond donors (Lipinski definition) is 1. The maximum Gasteiger partial charge on any atom is 0.204 e. The predicted octanol–water partition coefficient (Wildman–Crippen LogP) is 2.53. The van der Waals surface area contributed by atoms with Crippen LogP contribution in [0.2, 0.25) is 0 Å². The number of ether oxygens (including phenoxy) is 3. The molecule has 0 amide bonds. The fraction of sp³-hybridized carbons (Fsp3) is 0.455. The Kier molecular flexibility index (Phi) is 4.44. The summed E-state index contributed by atoms with van der Waals surface area (Å²) in [5.74, 6) is 1.54. The number of halogens is 1. The average molecular weight is 291 g/mol. The average Bonchev–Trinajstić information content (AvgIpc) is 2.27. The quantitative estimate of drug-likeness (QED) is 0.926. The normalized spacial score (nSPS) is 12.1. The van der Waals surface area contributed by atoms with E-state index in [0.29, 0.717) is 27.3 Å². The molecule has 1 atom stereocenters. The second kappa shape index (κ2) is 5.41. The third kappa shape index (κ3) is 2.25. The summed E-state index contributed by atoms with van der Waals surface area (Å²) >= 11 is 3.38. The van der Waals surface area contributed by atoms with Crippen molar-refractivity contribution in [2.75, 3.05) is 21.3 Å². The summed E-state index contributed by atoms with van der Waals surface area (Å²) < 4.78 is 16.3. The van der Waals surface area contributed by atoms with Crippen LogP contribution in [0.15, 0.2) is 10.5 Å². The molecule has 1 rings (SSSR count). The van der Waals surface area contributed by atoms with E-state index in [1.54, 1.807) is 13.0 Å². The van der Waals surface area contributed by atoms with Crippen LogP contribution in [0.5, 0.6) is 17.2 Å². The van der Waals surface area contributed by atoms with E-state index in [-0.39, 0.29) is 0 Å². The van der Waals surface area contributed by atoms with Crippen molar-refractivity contribution in [3.63, 3.8) is 0 Å². The van der Waals surface area contributed by atoms with Gasteiger partial charge in [-0.25, -0.2) is 0 Å². The second-order valence-corrected chi connectivity index (χ2v) is 4.02. The van der Waals surface area contributed by atoms with Gasteiger partial charge in [0.25, 0.3) is 0 Å². The summed E-state index contributed by atoms with van der Waals surface area (Å²) in [7, 11) is 4.61. The highest BCUT2D eigenvalue weighted by atomic mass is 79.9. The number of benzene rings is 1. The van der Waals surface area contributed by atoms with Gasteiger partial charge < -0.3 is 19.3 Å². The van der Waals surface area contributed by atoms with Crippen LogP contribution in [0.1, 0.15) is 18.6 Å². The van der Waals surface area contributed by atoms with E-state index in [2.05, 4.69) is 15.9 Å². The van der Waals surface area contributed by atoms with E-state index >= 15 is 0 Å². The molecule has 1 aromatic rings. The van der Waals surface area contributed by atoms with Gasteiger partial charge in [0.1, 0.15) is 0 Å². The molecule has 0 aliphatic heterocycles. The molecule has 1 aromatic carbocycles. The molecule has 4 nitrogen and oxygen atoms in total. The highest BCUT2D eigenvalue weighted by Crippen LogP contribution is 2.46. The zero-order valence-corrected chi connectivity index (χ0v) is 11.3. The van der Waals surface area contributed by atoms with Gasteiger partial charge in [-0.15, -0.1) is 0 Å². The van der Waals surface area contributed by atoms with Gasteiger partial charge in [0.15, 0.2) is 11.5 Å². The lowest BCUT2D eigenvalue weighted by Crippen LogP contribution is -2.01. The number of aliphatic hydroxyl groups is 1. The number of aliphatic hydroxyl groups excluding tert-OH is 1. The van der Waals surface area contributed by atoms with Gasteiger partial charge >= 0.3 is 0 Å². The molecule has 0 fully saturated rings. The van der Waals surface area contributed by atoms with Crippen molar-refractivity contribution in [1.82, 2.24) is 0 Å². The van der Waals surface area contributed by atoms with Gasteiger partial charge in [-0.3, -0.25) is 0 Å². The van der Waals surface area contributed by atoms with Gasteiger partial charge in [-0.2, -0.15) is 0 Å². The van der Waals surface area contributed by atoms with Crippen molar-refractivity contribution >= 4 is 15.9 Å². The number of hydrogen-bond acceptors (Lipinski definition) is 4. The largest absolute Gasteiger partial charge is 0.493 e. The third-order valence-corrected chi connectivity index (χ3v) is 3.07. The maximum absolute atomic E-state index is 9.63. The number of rotatable bonds is 4. The summed E-state index contributed by atoms with van der Waals surface area (Å²) in [4.78, 5) is 0. The molecule has 0 saturated heterocycles. The van der Waals surface area contributed by atoms with Gasteiger partial charge in [-0.05, 0) is 28.9 Å².